The van der Waals surface area contributed by atoms with E-state index in [1.165, 1.54) is 10.9 Å². The Bertz CT molecular complexity index is 608. The minimum Gasteiger partial charge on any atom is -0.379 e. The van der Waals surface area contributed by atoms with Crippen molar-refractivity contribution >= 4 is 16.7 Å². The van der Waals surface area contributed by atoms with E-state index in [9.17, 15) is 4.79 Å². The third-order valence-corrected chi connectivity index (χ3v) is 3.77. The third-order valence-electron chi connectivity index (χ3n) is 3.77. The second kappa shape index (κ2) is 3.95. The number of carbonyl (C=O) groups excluding carboxylic acids is 1. The van der Waals surface area contributed by atoms with Crippen LogP contribution >= 0.6 is 0 Å². The molecule has 0 saturated carbocycles. The van der Waals surface area contributed by atoms with Gasteiger partial charge < -0.3 is 9.72 Å². The van der Waals surface area contributed by atoms with Crippen molar-refractivity contribution < 1.29 is 9.53 Å². The normalized spacial score (nSPS) is 17.7. The number of ether oxygens (including phenoxy) is 1. The van der Waals surface area contributed by atoms with Crippen molar-refractivity contribution in [3.8, 4) is 0 Å². The number of aromatic amines is 1. The first-order chi connectivity index (χ1) is 8.62. The van der Waals surface area contributed by atoms with E-state index in [2.05, 4.69) is 24.0 Å². The van der Waals surface area contributed by atoms with Crippen LogP contribution in [0.3, 0.4) is 0 Å². The molecule has 0 radical (unpaired) electrons. The highest BCUT2D eigenvalue weighted by Crippen LogP contribution is 2.41. The molecule has 94 valence electrons. The second-order valence-corrected chi connectivity index (χ2v) is 5.32. The van der Waals surface area contributed by atoms with Gasteiger partial charge in [-0.25, -0.2) is 0 Å². The Morgan fingerprint density at radius 3 is 2.72 bits per heavy atom. The number of Topliss-reactive ketones (excluding diaryl/α,β-unsaturated/α-hetero) is 1. The first-order valence-corrected chi connectivity index (χ1v) is 6.27. The summed E-state index contributed by atoms with van der Waals surface area (Å²) in [5.41, 5.74) is 3.44. The number of aryl methyl sites for hydroxylation is 1. The summed E-state index contributed by atoms with van der Waals surface area (Å²) in [5, 5.41) is 1.22. The largest absolute Gasteiger partial charge is 0.379 e. The van der Waals surface area contributed by atoms with Gasteiger partial charge in [-0.2, -0.15) is 0 Å². The molecular weight excluding hydrogens is 226 g/mol. The van der Waals surface area contributed by atoms with Gasteiger partial charge in [0.25, 0.3) is 0 Å². The van der Waals surface area contributed by atoms with E-state index < -0.39 is 0 Å². The van der Waals surface area contributed by atoms with E-state index in [-0.39, 0.29) is 11.2 Å². The van der Waals surface area contributed by atoms with Crippen LogP contribution in [0, 0.1) is 6.92 Å². The number of aromatic nitrogens is 1. The summed E-state index contributed by atoms with van der Waals surface area (Å²) >= 11 is 0. The van der Waals surface area contributed by atoms with E-state index >= 15 is 0 Å². The maximum Gasteiger partial charge on any atom is 0.130 e. The Hall–Kier alpha value is -1.61. The zero-order chi connectivity index (χ0) is 12.8. The van der Waals surface area contributed by atoms with Gasteiger partial charge in [0.05, 0.1) is 18.6 Å². The third kappa shape index (κ3) is 1.58. The molecule has 0 aliphatic carbocycles. The molecule has 0 atom stereocenters. The van der Waals surface area contributed by atoms with Crippen molar-refractivity contribution in [2.24, 2.45) is 0 Å². The van der Waals surface area contributed by atoms with E-state index in [0.717, 1.165) is 11.2 Å². The van der Waals surface area contributed by atoms with Crippen molar-refractivity contribution in [1.82, 2.24) is 4.98 Å². The zero-order valence-electron chi connectivity index (χ0n) is 10.7. The maximum absolute atomic E-state index is 11.5. The number of rotatable bonds is 3. The van der Waals surface area contributed by atoms with Crippen molar-refractivity contribution in [2.75, 3.05) is 13.2 Å². The first kappa shape index (κ1) is 11.5. The number of para-hydroxylation sites is 1. The van der Waals surface area contributed by atoms with Gasteiger partial charge in [-0.1, -0.05) is 18.2 Å². The summed E-state index contributed by atoms with van der Waals surface area (Å²) in [6.45, 7) is 5.03. The summed E-state index contributed by atoms with van der Waals surface area (Å²) in [4.78, 5) is 14.9. The monoisotopic (exact) mass is 243 g/mol. The van der Waals surface area contributed by atoms with E-state index in [1.54, 1.807) is 6.92 Å². The highest BCUT2D eigenvalue weighted by molar-refractivity contribution is 5.87. The molecule has 0 bridgehead atoms. The molecule has 0 spiro atoms. The van der Waals surface area contributed by atoms with E-state index in [1.807, 2.05) is 12.1 Å². The summed E-state index contributed by atoms with van der Waals surface area (Å²) in [6, 6.07) is 8.26. The molecule has 0 amide bonds. The van der Waals surface area contributed by atoms with Gasteiger partial charge in [-0.15, -0.1) is 0 Å². The lowest BCUT2D eigenvalue weighted by Gasteiger charge is -2.41. The number of hydrogen-bond acceptors (Lipinski definition) is 2. The van der Waals surface area contributed by atoms with Gasteiger partial charge >= 0.3 is 0 Å². The number of H-pyrrole nitrogens is 1. The molecular formula is C15H17NO2. The molecule has 2 heterocycles. The number of hydrogen-bond donors (Lipinski definition) is 1. The number of ketones is 1. The molecule has 1 fully saturated rings. The van der Waals surface area contributed by atoms with Crippen LogP contribution in [-0.4, -0.2) is 24.0 Å². The molecule has 18 heavy (non-hydrogen) atoms. The minimum atomic E-state index is -0.116. The topological polar surface area (TPSA) is 42.1 Å². The second-order valence-electron chi connectivity index (χ2n) is 5.32. The summed E-state index contributed by atoms with van der Waals surface area (Å²) < 4.78 is 5.40. The van der Waals surface area contributed by atoms with Crippen LogP contribution in [0.1, 0.15) is 24.6 Å². The lowest BCUT2D eigenvalue weighted by atomic mass is 9.73. The SMILES string of the molecule is CC(=O)CC1(c2c(C)[nH]c3ccccc23)COC1. The Balaban J connectivity index is 2.18. The predicted octanol–water partition coefficient (Wildman–Crippen LogP) is 2.72. The highest BCUT2D eigenvalue weighted by atomic mass is 16.5. The molecule has 1 aromatic heterocycles. The smallest absolute Gasteiger partial charge is 0.130 e. The van der Waals surface area contributed by atoms with Crippen LogP contribution in [0.4, 0.5) is 0 Å². The molecule has 1 saturated heterocycles. The van der Waals surface area contributed by atoms with Crippen LogP contribution in [0.25, 0.3) is 10.9 Å². The van der Waals surface area contributed by atoms with E-state index in [0.29, 0.717) is 19.6 Å². The minimum absolute atomic E-state index is 0.116. The zero-order valence-corrected chi connectivity index (χ0v) is 10.7. The Morgan fingerprint density at radius 1 is 1.39 bits per heavy atom. The van der Waals surface area contributed by atoms with Crippen LogP contribution < -0.4 is 0 Å². The van der Waals surface area contributed by atoms with Crippen LogP contribution in [0.2, 0.25) is 0 Å². The van der Waals surface area contributed by atoms with Crippen molar-refractivity contribution in [3.63, 3.8) is 0 Å². The number of benzene rings is 1. The van der Waals surface area contributed by atoms with Gasteiger partial charge in [0.15, 0.2) is 0 Å². The van der Waals surface area contributed by atoms with Gasteiger partial charge in [0, 0.05) is 23.0 Å². The molecule has 1 aromatic carbocycles. The molecule has 0 unspecified atom stereocenters. The summed E-state index contributed by atoms with van der Waals surface area (Å²) in [6.07, 6.45) is 0.565. The molecule has 3 rings (SSSR count). The van der Waals surface area contributed by atoms with Gasteiger partial charge in [0.2, 0.25) is 0 Å². The van der Waals surface area contributed by atoms with Gasteiger partial charge in [0.1, 0.15) is 5.78 Å². The standard InChI is InChI=1S/C15H17NO2/c1-10(17)7-15(8-18-9-15)14-11(2)16-13-6-4-3-5-12(13)14/h3-6,16H,7-9H2,1-2H3. The number of nitrogens with one attached hydrogen (secondary N) is 1. The molecule has 2 aromatic rings. The number of carbonyl (C=O) groups is 1. The van der Waals surface area contributed by atoms with Gasteiger partial charge in [-0.05, 0) is 25.5 Å². The Morgan fingerprint density at radius 2 is 2.11 bits per heavy atom. The highest BCUT2D eigenvalue weighted by Gasteiger charge is 2.43. The van der Waals surface area contributed by atoms with E-state index in [4.69, 9.17) is 4.74 Å². The van der Waals surface area contributed by atoms with Crippen LogP contribution in [0.15, 0.2) is 24.3 Å². The van der Waals surface area contributed by atoms with Crippen molar-refractivity contribution in [2.45, 2.75) is 25.7 Å². The van der Waals surface area contributed by atoms with Crippen molar-refractivity contribution in [3.05, 3.63) is 35.5 Å². The molecule has 3 heteroatoms. The Labute approximate surface area is 106 Å². The van der Waals surface area contributed by atoms with Gasteiger partial charge in [-0.3, -0.25) is 4.79 Å². The summed E-state index contributed by atoms with van der Waals surface area (Å²) in [7, 11) is 0. The van der Waals surface area contributed by atoms with Crippen LogP contribution in [-0.2, 0) is 14.9 Å². The Kier molecular flexibility index (Phi) is 2.52. The molecule has 1 aliphatic heterocycles. The number of fused-ring (bicyclic) bond motifs is 1. The maximum atomic E-state index is 11.5. The lowest BCUT2D eigenvalue weighted by molar-refractivity contribution is -0.125. The average molecular weight is 243 g/mol. The fraction of sp³-hybridized carbons (Fsp3) is 0.400. The fourth-order valence-electron chi connectivity index (χ4n) is 3.12. The molecule has 3 nitrogen and oxygen atoms in total. The van der Waals surface area contributed by atoms with Crippen molar-refractivity contribution in [1.29, 1.82) is 0 Å². The summed E-state index contributed by atoms with van der Waals surface area (Å²) in [5.74, 6) is 0.225. The molecule has 1 aliphatic rings. The molecule has 1 N–H and O–H groups in total. The quantitative estimate of drug-likeness (QED) is 0.900. The first-order valence-electron chi connectivity index (χ1n) is 6.27. The van der Waals surface area contributed by atoms with Crippen LogP contribution in [0.5, 0.6) is 0 Å². The predicted molar refractivity (Wildman–Crippen MR) is 70.8 cm³/mol. The lowest BCUT2D eigenvalue weighted by Crippen LogP contribution is -2.48. The fourth-order valence-corrected chi connectivity index (χ4v) is 3.12. The average Bonchev–Trinajstić information content (AvgIpc) is 2.60.